The first-order chi connectivity index (χ1) is 7.70. The Labute approximate surface area is 101 Å². The Balaban J connectivity index is 2.19. The second kappa shape index (κ2) is 5.07. The van der Waals surface area contributed by atoms with Gasteiger partial charge in [-0.1, -0.05) is 43.0 Å². The summed E-state index contributed by atoms with van der Waals surface area (Å²) in [5.41, 5.74) is 7.01. The summed E-state index contributed by atoms with van der Waals surface area (Å²) in [5.74, 6) is 0.639. The Bertz CT molecular complexity index is 361. The summed E-state index contributed by atoms with van der Waals surface area (Å²) in [6.45, 7) is 0. The van der Waals surface area contributed by atoms with Crippen LogP contribution < -0.4 is 5.73 Å². The highest BCUT2D eigenvalue weighted by Crippen LogP contribution is 2.38. The summed E-state index contributed by atoms with van der Waals surface area (Å²) in [6.07, 6.45) is 6.13. The molecule has 3 heteroatoms. The van der Waals surface area contributed by atoms with E-state index in [1.54, 1.807) is 6.07 Å². The quantitative estimate of drug-likeness (QED) is 0.828. The molecular weight excluding hydrogens is 222 g/mol. The van der Waals surface area contributed by atoms with E-state index < -0.39 is 0 Å². The summed E-state index contributed by atoms with van der Waals surface area (Å²) in [6, 6.07) is 5.33. The Kier molecular flexibility index (Phi) is 3.72. The average Bonchev–Trinajstić information content (AvgIpc) is 2.33. The van der Waals surface area contributed by atoms with Crippen molar-refractivity contribution in [2.45, 2.75) is 38.1 Å². The van der Waals surface area contributed by atoms with Crippen molar-refractivity contribution >= 4 is 11.6 Å². The van der Waals surface area contributed by atoms with E-state index >= 15 is 0 Å². The Hall–Kier alpha value is -0.730. The van der Waals surface area contributed by atoms with Crippen LogP contribution in [0.25, 0.3) is 0 Å². The van der Waals surface area contributed by atoms with Crippen molar-refractivity contribution in [3.05, 3.63) is 28.8 Å². The predicted octanol–water partition coefficient (Wildman–Crippen LogP) is 3.63. The zero-order valence-corrected chi connectivity index (χ0v) is 10.1. The number of phenols is 1. The largest absolute Gasteiger partial charge is 0.506 e. The summed E-state index contributed by atoms with van der Waals surface area (Å²) >= 11 is 5.89. The van der Waals surface area contributed by atoms with Crippen molar-refractivity contribution in [1.82, 2.24) is 0 Å². The number of hydrogen-bond donors (Lipinski definition) is 2. The van der Waals surface area contributed by atoms with Crippen molar-refractivity contribution in [3.63, 3.8) is 0 Å². The predicted molar refractivity (Wildman–Crippen MR) is 66.6 cm³/mol. The molecule has 0 saturated heterocycles. The van der Waals surface area contributed by atoms with Crippen molar-refractivity contribution in [3.8, 4) is 5.75 Å². The lowest BCUT2D eigenvalue weighted by Gasteiger charge is -2.28. The fraction of sp³-hybridized carbons (Fsp3) is 0.538. The molecule has 0 aliphatic heterocycles. The molecule has 0 amide bonds. The number of nitrogens with two attached hydrogens (primary N) is 1. The molecule has 0 bridgehead atoms. The normalized spacial score (nSPS) is 19.6. The van der Waals surface area contributed by atoms with Gasteiger partial charge in [0.2, 0.25) is 0 Å². The monoisotopic (exact) mass is 239 g/mol. The highest BCUT2D eigenvalue weighted by atomic mass is 35.5. The standard InChI is InChI=1S/C13H18ClNO/c14-11-8-4-7-10(13(11)16)12(15)9-5-2-1-3-6-9/h4,7-9,12,16H,1-3,5-6,15H2/t12-/m0/s1. The van der Waals surface area contributed by atoms with Crippen LogP contribution in [0.5, 0.6) is 5.75 Å². The summed E-state index contributed by atoms with van der Waals surface area (Å²) in [5, 5.41) is 10.3. The lowest BCUT2D eigenvalue weighted by molar-refractivity contribution is 0.303. The second-order valence-electron chi connectivity index (χ2n) is 4.60. The Morgan fingerprint density at radius 1 is 1.25 bits per heavy atom. The molecule has 1 fully saturated rings. The van der Waals surface area contributed by atoms with E-state index in [0.29, 0.717) is 10.9 Å². The number of para-hydroxylation sites is 1. The zero-order valence-electron chi connectivity index (χ0n) is 9.32. The van der Waals surface area contributed by atoms with Gasteiger partial charge in [-0.3, -0.25) is 0 Å². The van der Waals surface area contributed by atoms with E-state index in [-0.39, 0.29) is 11.8 Å². The molecule has 1 aromatic carbocycles. The Morgan fingerprint density at radius 2 is 1.94 bits per heavy atom. The lowest BCUT2D eigenvalue weighted by atomic mass is 9.81. The fourth-order valence-electron chi connectivity index (χ4n) is 2.55. The molecule has 0 radical (unpaired) electrons. The third-order valence-corrected chi connectivity index (χ3v) is 3.84. The highest BCUT2D eigenvalue weighted by Gasteiger charge is 2.24. The van der Waals surface area contributed by atoms with Gasteiger partial charge >= 0.3 is 0 Å². The van der Waals surface area contributed by atoms with E-state index in [1.165, 1.54) is 19.3 Å². The second-order valence-corrected chi connectivity index (χ2v) is 5.01. The van der Waals surface area contributed by atoms with Crippen molar-refractivity contribution in [1.29, 1.82) is 0 Å². The molecule has 0 spiro atoms. The van der Waals surface area contributed by atoms with Gasteiger partial charge in [0.15, 0.2) is 0 Å². The van der Waals surface area contributed by atoms with Gasteiger partial charge in [0.05, 0.1) is 5.02 Å². The van der Waals surface area contributed by atoms with Crippen LogP contribution >= 0.6 is 11.6 Å². The summed E-state index contributed by atoms with van der Waals surface area (Å²) in [4.78, 5) is 0. The minimum Gasteiger partial charge on any atom is -0.506 e. The minimum atomic E-state index is -0.0843. The molecule has 16 heavy (non-hydrogen) atoms. The van der Waals surface area contributed by atoms with Gasteiger partial charge in [0, 0.05) is 11.6 Å². The first-order valence-corrected chi connectivity index (χ1v) is 6.31. The van der Waals surface area contributed by atoms with Crippen molar-refractivity contribution < 1.29 is 5.11 Å². The van der Waals surface area contributed by atoms with Crippen LogP contribution in [0.3, 0.4) is 0 Å². The zero-order chi connectivity index (χ0) is 11.5. The van der Waals surface area contributed by atoms with Crippen molar-refractivity contribution in [2.75, 3.05) is 0 Å². The van der Waals surface area contributed by atoms with E-state index in [9.17, 15) is 5.11 Å². The molecule has 2 nitrogen and oxygen atoms in total. The third-order valence-electron chi connectivity index (χ3n) is 3.53. The van der Waals surface area contributed by atoms with Gasteiger partial charge in [-0.2, -0.15) is 0 Å². The molecular formula is C13H18ClNO. The van der Waals surface area contributed by atoms with Crippen LogP contribution in [0.2, 0.25) is 5.02 Å². The molecule has 1 saturated carbocycles. The molecule has 0 heterocycles. The smallest absolute Gasteiger partial charge is 0.138 e. The van der Waals surface area contributed by atoms with E-state index in [2.05, 4.69) is 0 Å². The van der Waals surface area contributed by atoms with Gasteiger partial charge in [0.1, 0.15) is 5.75 Å². The van der Waals surface area contributed by atoms with Crippen LogP contribution in [-0.2, 0) is 0 Å². The van der Waals surface area contributed by atoms with Crippen LogP contribution in [0.15, 0.2) is 18.2 Å². The molecule has 0 aromatic heterocycles. The molecule has 1 aliphatic carbocycles. The molecule has 1 aromatic rings. The lowest BCUT2D eigenvalue weighted by Crippen LogP contribution is -2.23. The summed E-state index contributed by atoms with van der Waals surface area (Å²) < 4.78 is 0. The van der Waals surface area contributed by atoms with E-state index in [0.717, 1.165) is 18.4 Å². The first-order valence-electron chi connectivity index (χ1n) is 5.93. The number of phenolic OH excluding ortho intramolecular Hbond substituents is 1. The maximum absolute atomic E-state index is 9.89. The van der Waals surface area contributed by atoms with Crippen molar-refractivity contribution in [2.24, 2.45) is 11.7 Å². The molecule has 1 aliphatic rings. The first kappa shape index (κ1) is 11.7. The third kappa shape index (κ3) is 2.33. The Morgan fingerprint density at radius 3 is 2.62 bits per heavy atom. The molecule has 3 N–H and O–H groups in total. The topological polar surface area (TPSA) is 46.2 Å². The number of benzene rings is 1. The summed E-state index contributed by atoms with van der Waals surface area (Å²) in [7, 11) is 0. The molecule has 1 atom stereocenters. The number of hydrogen-bond acceptors (Lipinski definition) is 2. The van der Waals surface area contributed by atoms with E-state index in [1.807, 2.05) is 12.1 Å². The van der Waals surface area contributed by atoms with Crippen LogP contribution in [-0.4, -0.2) is 5.11 Å². The van der Waals surface area contributed by atoms with Gasteiger partial charge in [-0.15, -0.1) is 0 Å². The van der Waals surface area contributed by atoms with E-state index in [4.69, 9.17) is 17.3 Å². The molecule has 88 valence electrons. The molecule has 2 rings (SSSR count). The number of aromatic hydroxyl groups is 1. The minimum absolute atomic E-state index is 0.0843. The maximum Gasteiger partial charge on any atom is 0.138 e. The molecule has 0 unspecified atom stereocenters. The van der Waals surface area contributed by atoms with Crippen LogP contribution in [0.1, 0.15) is 43.7 Å². The van der Waals surface area contributed by atoms with Gasteiger partial charge < -0.3 is 10.8 Å². The number of halogens is 1. The highest BCUT2D eigenvalue weighted by molar-refractivity contribution is 6.32. The van der Waals surface area contributed by atoms with Gasteiger partial charge in [-0.25, -0.2) is 0 Å². The SMILES string of the molecule is N[C@H](c1cccc(Cl)c1O)C1CCCCC1. The number of rotatable bonds is 2. The van der Waals surface area contributed by atoms with Crippen LogP contribution in [0.4, 0.5) is 0 Å². The maximum atomic E-state index is 9.89. The average molecular weight is 240 g/mol. The van der Waals surface area contributed by atoms with Gasteiger partial charge in [0.25, 0.3) is 0 Å². The van der Waals surface area contributed by atoms with Crippen LogP contribution in [0, 0.1) is 5.92 Å². The fourth-order valence-corrected chi connectivity index (χ4v) is 2.73. The van der Waals surface area contributed by atoms with Gasteiger partial charge in [-0.05, 0) is 24.8 Å².